The number of carbonyl (C=O) groups excluding carboxylic acids is 2. The van der Waals surface area contributed by atoms with Gasteiger partial charge >= 0.3 is 0 Å². The summed E-state index contributed by atoms with van der Waals surface area (Å²) in [6.45, 7) is 1.85. The molecule has 1 atom stereocenters. The molecule has 0 aromatic heterocycles. The molecule has 1 unspecified atom stereocenters. The Labute approximate surface area is 113 Å². The van der Waals surface area contributed by atoms with Gasteiger partial charge in [0, 0.05) is 37.9 Å². The minimum Gasteiger partial charge on any atom is -0.396 e. The molecular formula is C14H20N2O3. The Hall–Kier alpha value is -1.88. The Morgan fingerprint density at radius 1 is 1.32 bits per heavy atom. The van der Waals surface area contributed by atoms with Crippen LogP contribution in [0.4, 0.5) is 0 Å². The molecule has 0 bridgehead atoms. The highest BCUT2D eigenvalue weighted by molar-refractivity contribution is 5.99. The van der Waals surface area contributed by atoms with Crippen molar-refractivity contribution in [2.75, 3.05) is 20.7 Å². The van der Waals surface area contributed by atoms with Gasteiger partial charge in [-0.1, -0.05) is 6.07 Å². The molecule has 0 saturated heterocycles. The maximum absolute atomic E-state index is 12.0. The second-order valence-electron chi connectivity index (χ2n) is 4.67. The van der Waals surface area contributed by atoms with Gasteiger partial charge in [0.25, 0.3) is 11.8 Å². The number of hydrogen-bond donors (Lipinski definition) is 2. The van der Waals surface area contributed by atoms with Crippen LogP contribution in [0.5, 0.6) is 0 Å². The van der Waals surface area contributed by atoms with Gasteiger partial charge in [-0.05, 0) is 31.5 Å². The Morgan fingerprint density at radius 3 is 2.53 bits per heavy atom. The van der Waals surface area contributed by atoms with E-state index in [9.17, 15) is 9.59 Å². The summed E-state index contributed by atoms with van der Waals surface area (Å²) in [5, 5.41) is 11.6. The first kappa shape index (κ1) is 15.2. The predicted molar refractivity (Wildman–Crippen MR) is 73.1 cm³/mol. The minimum atomic E-state index is -0.241. The molecule has 0 saturated carbocycles. The number of rotatable bonds is 5. The summed E-state index contributed by atoms with van der Waals surface area (Å²) in [5.41, 5.74) is 0.921. The zero-order chi connectivity index (χ0) is 14.4. The maximum Gasteiger partial charge on any atom is 0.253 e. The second-order valence-corrected chi connectivity index (χ2v) is 4.67. The summed E-state index contributed by atoms with van der Waals surface area (Å²) in [7, 11) is 3.33. The van der Waals surface area contributed by atoms with Crippen molar-refractivity contribution in [1.82, 2.24) is 10.2 Å². The number of aliphatic hydroxyl groups excluding tert-OH is 1. The van der Waals surface area contributed by atoms with Crippen molar-refractivity contribution in [3.05, 3.63) is 35.4 Å². The molecule has 5 heteroatoms. The van der Waals surface area contributed by atoms with E-state index in [1.807, 2.05) is 6.92 Å². The van der Waals surface area contributed by atoms with E-state index in [1.54, 1.807) is 38.4 Å². The summed E-state index contributed by atoms with van der Waals surface area (Å²) in [4.78, 5) is 25.2. The Morgan fingerprint density at radius 2 is 1.95 bits per heavy atom. The second kappa shape index (κ2) is 6.89. The third-order valence-corrected chi connectivity index (χ3v) is 2.72. The monoisotopic (exact) mass is 264 g/mol. The van der Waals surface area contributed by atoms with Crippen molar-refractivity contribution in [2.45, 2.75) is 19.4 Å². The summed E-state index contributed by atoms with van der Waals surface area (Å²) < 4.78 is 0. The number of nitrogens with one attached hydrogen (secondary N) is 1. The third kappa shape index (κ3) is 4.37. The number of amides is 2. The summed E-state index contributed by atoms with van der Waals surface area (Å²) in [5.74, 6) is -0.382. The fourth-order valence-corrected chi connectivity index (χ4v) is 1.62. The molecule has 2 N–H and O–H groups in total. The van der Waals surface area contributed by atoms with E-state index in [1.165, 1.54) is 4.90 Å². The maximum atomic E-state index is 12.0. The number of benzene rings is 1. The van der Waals surface area contributed by atoms with Gasteiger partial charge in [0.1, 0.15) is 0 Å². The molecule has 5 nitrogen and oxygen atoms in total. The topological polar surface area (TPSA) is 69.6 Å². The Kier molecular flexibility index (Phi) is 5.51. The van der Waals surface area contributed by atoms with Crippen LogP contribution in [0.3, 0.4) is 0 Å². The fourth-order valence-electron chi connectivity index (χ4n) is 1.62. The largest absolute Gasteiger partial charge is 0.396 e. The zero-order valence-corrected chi connectivity index (χ0v) is 11.5. The minimum absolute atomic E-state index is 0.0284. The van der Waals surface area contributed by atoms with Gasteiger partial charge in [-0.3, -0.25) is 9.59 Å². The molecule has 0 radical (unpaired) electrons. The molecule has 0 aliphatic carbocycles. The van der Waals surface area contributed by atoms with E-state index in [-0.39, 0.29) is 24.5 Å². The molecular weight excluding hydrogens is 244 g/mol. The van der Waals surface area contributed by atoms with E-state index in [0.29, 0.717) is 17.5 Å². The van der Waals surface area contributed by atoms with E-state index in [0.717, 1.165) is 0 Å². The molecule has 104 valence electrons. The van der Waals surface area contributed by atoms with Crippen LogP contribution in [-0.2, 0) is 0 Å². The lowest BCUT2D eigenvalue weighted by molar-refractivity contribution is 0.0827. The molecule has 1 rings (SSSR count). The summed E-state index contributed by atoms with van der Waals surface area (Å²) in [6, 6.07) is 6.49. The summed E-state index contributed by atoms with van der Waals surface area (Å²) in [6.07, 6.45) is 0.502. The van der Waals surface area contributed by atoms with Gasteiger partial charge in [0.2, 0.25) is 0 Å². The highest BCUT2D eigenvalue weighted by Gasteiger charge is 2.13. The predicted octanol–water partition coefficient (Wildman–Crippen LogP) is 0.889. The standard InChI is InChI=1S/C14H20N2O3/c1-10(7-8-17)15-13(18)11-5-4-6-12(9-11)14(19)16(2)3/h4-6,9-10,17H,7-8H2,1-3H3,(H,15,18). The Balaban J connectivity index is 2.81. The van der Waals surface area contributed by atoms with Gasteiger partial charge in [-0.2, -0.15) is 0 Å². The van der Waals surface area contributed by atoms with Gasteiger partial charge in [-0.15, -0.1) is 0 Å². The SMILES string of the molecule is CC(CCO)NC(=O)c1cccc(C(=O)N(C)C)c1. The Bertz CT molecular complexity index is 458. The van der Waals surface area contributed by atoms with Crippen LogP contribution in [0.15, 0.2) is 24.3 Å². The third-order valence-electron chi connectivity index (χ3n) is 2.72. The highest BCUT2D eigenvalue weighted by atomic mass is 16.3. The van der Waals surface area contributed by atoms with Crippen LogP contribution in [0, 0.1) is 0 Å². The van der Waals surface area contributed by atoms with E-state index in [2.05, 4.69) is 5.32 Å². The molecule has 0 fully saturated rings. The quantitative estimate of drug-likeness (QED) is 0.829. The smallest absolute Gasteiger partial charge is 0.253 e. The lowest BCUT2D eigenvalue weighted by Crippen LogP contribution is -2.33. The molecule has 0 aliphatic heterocycles. The van der Waals surface area contributed by atoms with Gasteiger partial charge in [0.15, 0.2) is 0 Å². The van der Waals surface area contributed by atoms with Crippen molar-refractivity contribution in [3.8, 4) is 0 Å². The van der Waals surface area contributed by atoms with Gasteiger partial charge in [-0.25, -0.2) is 0 Å². The molecule has 1 aromatic carbocycles. The van der Waals surface area contributed by atoms with E-state index in [4.69, 9.17) is 5.11 Å². The van der Waals surface area contributed by atoms with Gasteiger partial charge in [0.05, 0.1) is 0 Å². The molecule has 0 spiro atoms. The number of hydrogen-bond acceptors (Lipinski definition) is 3. The van der Waals surface area contributed by atoms with E-state index >= 15 is 0 Å². The van der Waals surface area contributed by atoms with Crippen molar-refractivity contribution < 1.29 is 14.7 Å². The van der Waals surface area contributed by atoms with Crippen molar-refractivity contribution in [2.24, 2.45) is 0 Å². The lowest BCUT2D eigenvalue weighted by atomic mass is 10.1. The zero-order valence-electron chi connectivity index (χ0n) is 11.5. The average Bonchev–Trinajstić information content (AvgIpc) is 2.38. The first-order valence-corrected chi connectivity index (χ1v) is 6.19. The van der Waals surface area contributed by atoms with Crippen LogP contribution in [0.2, 0.25) is 0 Å². The molecule has 0 aliphatic rings. The number of carbonyl (C=O) groups is 2. The lowest BCUT2D eigenvalue weighted by Gasteiger charge is -2.14. The highest BCUT2D eigenvalue weighted by Crippen LogP contribution is 2.08. The van der Waals surface area contributed by atoms with Crippen molar-refractivity contribution in [3.63, 3.8) is 0 Å². The normalized spacial score (nSPS) is 11.8. The fraction of sp³-hybridized carbons (Fsp3) is 0.429. The number of nitrogens with zero attached hydrogens (tertiary/aromatic N) is 1. The van der Waals surface area contributed by atoms with Crippen LogP contribution < -0.4 is 5.32 Å². The molecule has 0 heterocycles. The van der Waals surface area contributed by atoms with Crippen LogP contribution in [-0.4, -0.2) is 48.6 Å². The average molecular weight is 264 g/mol. The summed E-state index contributed by atoms with van der Waals surface area (Å²) >= 11 is 0. The first-order chi connectivity index (χ1) is 8.95. The van der Waals surface area contributed by atoms with E-state index < -0.39 is 0 Å². The van der Waals surface area contributed by atoms with Crippen molar-refractivity contribution >= 4 is 11.8 Å². The van der Waals surface area contributed by atoms with Crippen LogP contribution in [0.1, 0.15) is 34.1 Å². The first-order valence-electron chi connectivity index (χ1n) is 6.19. The van der Waals surface area contributed by atoms with Crippen LogP contribution >= 0.6 is 0 Å². The van der Waals surface area contributed by atoms with Crippen molar-refractivity contribution in [1.29, 1.82) is 0 Å². The molecule has 1 aromatic rings. The van der Waals surface area contributed by atoms with Crippen LogP contribution in [0.25, 0.3) is 0 Å². The van der Waals surface area contributed by atoms with Gasteiger partial charge < -0.3 is 15.3 Å². The number of aliphatic hydroxyl groups is 1. The molecule has 19 heavy (non-hydrogen) atoms. The molecule has 2 amide bonds.